The molecule has 0 aromatic carbocycles. The Bertz CT molecular complexity index is 479. The van der Waals surface area contributed by atoms with Gasteiger partial charge in [-0.1, -0.05) is 104 Å². The highest BCUT2D eigenvalue weighted by atomic mass is 14.9. The second-order valence-corrected chi connectivity index (χ2v) is 9.18. The van der Waals surface area contributed by atoms with E-state index in [1.54, 1.807) is 11.1 Å². The van der Waals surface area contributed by atoms with Gasteiger partial charge in [0.15, 0.2) is 12.4 Å². The summed E-state index contributed by atoms with van der Waals surface area (Å²) in [4.78, 5) is 0. The molecule has 0 radical (unpaired) electrons. The third-order valence-electron chi connectivity index (χ3n) is 6.32. The van der Waals surface area contributed by atoms with E-state index in [0.717, 1.165) is 0 Å². The fraction of sp³-hybridized carbons (Fsp3) is 0.821. The molecule has 168 valence electrons. The normalized spacial score (nSPS) is 11.3. The first kappa shape index (κ1) is 26.2. The molecule has 0 N–H and O–H groups in total. The van der Waals surface area contributed by atoms with Crippen LogP contribution in [-0.2, 0) is 19.4 Å². The van der Waals surface area contributed by atoms with Gasteiger partial charge >= 0.3 is 0 Å². The van der Waals surface area contributed by atoms with Crippen LogP contribution >= 0.6 is 0 Å². The zero-order valence-electron chi connectivity index (χ0n) is 20.3. The summed E-state index contributed by atoms with van der Waals surface area (Å²) in [5.74, 6) is 0. The number of hydrogen-bond donors (Lipinski definition) is 0. The molecule has 0 unspecified atom stereocenters. The Hall–Kier alpha value is -0.850. The van der Waals surface area contributed by atoms with Crippen molar-refractivity contribution in [1.82, 2.24) is 0 Å². The third-order valence-corrected chi connectivity index (χ3v) is 6.32. The van der Waals surface area contributed by atoms with Crippen LogP contribution in [0.1, 0.15) is 141 Å². The van der Waals surface area contributed by atoms with Gasteiger partial charge < -0.3 is 0 Å². The van der Waals surface area contributed by atoms with Crippen LogP contribution in [0, 0.1) is 0 Å². The van der Waals surface area contributed by atoms with Crippen LogP contribution in [0.5, 0.6) is 0 Å². The van der Waals surface area contributed by atoms with Gasteiger partial charge in [-0.2, -0.15) is 0 Å². The monoisotopic (exact) mass is 402 g/mol. The number of hydrogen-bond acceptors (Lipinski definition) is 0. The summed E-state index contributed by atoms with van der Waals surface area (Å²) in [5.41, 5.74) is 3.27. The number of rotatable bonds is 20. The minimum Gasteiger partial charge on any atom is -0.205 e. The van der Waals surface area contributed by atoms with Crippen molar-refractivity contribution in [3.8, 4) is 0 Å². The number of aryl methyl sites for hydroxylation is 3. The molecule has 0 saturated carbocycles. The van der Waals surface area contributed by atoms with E-state index in [-0.39, 0.29) is 0 Å². The van der Waals surface area contributed by atoms with Crippen molar-refractivity contribution >= 4 is 0 Å². The van der Waals surface area contributed by atoms with Gasteiger partial charge in [-0.05, 0) is 37.7 Å². The molecular formula is C28H52N+. The summed E-state index contributed by atoms with van der Waals surface area (Å²) < 4.78 is 2.48. The largest absolute Gasteiger partial charge is 0.205 e. The fourth-order valence-electron chi connectivity index (χ4n) is 4.32. The summed E-state index contributed by atoms with van der Waals surface area (Å²) in [6, 6.07) is 2.45. The molecular weight excluding hydrogens is 350 g/mol. The summed E-state index contributed by atoms with van der Waals surface area (Å²) in [7, 11) is 0. The van der Waals surface area contributed by atoms with Gasteiger partial charge in [0.05, 0.1) is 0 Å². The molecule has 0 atom stereocenters. The Morgan fingerprint density at radius 1 is 0.517 bits per heavy atom. The number of pyridine rings is 1. The predicted molar refractivity (Wildman–Crippen MR) is 130 cm³/mol. The van der Waals surface area contributed by atoms with Crippen molar-refractivity contribution in [1.29, 1.82) is 0 Å². The van der Waals surface area contributed by atoms with E-state index in [2.05, 4.69) is 43.8 Å². The van der Waals surface area contributed by atoms with E-state index < -0.39 is 0 Å². The smallest absolute Gasteiger partial charge is 0.172 e. The van der Waals surface area contributed by atoms with Crippen molar-refractivity contribution in [2.24, 2.45) is 0 Å². The molecule has 0 aliphatic rings. The van der Waals surface area contributed by atoms with Crippen LogP contribution in [0.2, 0.25) is 0 Å². The van der Waals surface area contributed by atoms with Gasteiger partial charge in [0.2, 0.25) is 0 Å². The zero-order valence-corrected chi connectivity index (χ0v) is 20.3. The van der Waals surface area contributed by atoms with Gasteiger partial charge in [-0.3, -0.25) is 0 Å². The van der Waals surface area contributed by atoms with E-state index in [1.165, 1.54) is 129 Å². The molecule has 1 heteroatoms. The standard InChI is InChI=1S/C28H52N/c1-4-7-10-13-14-17-20-24-29-25-23-27(21-18-15-11-8-5-2)28(26-29)22-19-16-12-9-6-3/h23,25-26H,4-22,24H2,1-3H3/q+1. The maximum Gasteiger partial charge on any atom is 0.172 e. The molecule has 29 heavy (non-hydrogen) atoms. The molecule has 0 aliphatic heterocycles. The second kappa shape index (κ2) is 19.1. The molecule has 0 fully saturated rings. The maximum atomic E-state index is 2.50. The van der Waals surface area contributed by atoms with Crippen LogP contribution in [0.4, 0.5) is 0 Å². The molecule has 0 amide bonds. The second-order valence-electron chi connectivity index (χ2n) is 9.18. The summed E-state index contributed by atoms with van der Waals surface area (Å²) in [6.07, 6.45) is 31.0. The van der Waals surface area contributed by atoms with Crippen LogP contribution in [0.3, 0.4) is 0 Å². The lowest BCUT2D eigenvalue weighted by atomic mass is 9.98. The minimum absolute atomic E-state index is 1.20. The van der Waals surface area contributed by atoms with Crippen LogP contribution < -0.4 is 4.57 Å². The highest BCUT2D eigenvalue weighted by molar-refractivity contribution is 5.21. The molecule has 0 saturated heterocycles. The van der Waals surface area contributed by atoms with E-state index >= 15 is 0 Å². The summed E-state index contributed by atoms with van der Waals surface area (Å²) in [6.45, 7) is 8.11. The number of aromatic nitrogens is 1. The topological polar surface area (TPSA) is 3.88 Å². The quantitative estimate of drug-likeness (QED) is 0.151. The molecule has 1 nitrogen and oxygen atoms in total. The van der Waals surface area contributed by atoms with Crippen LogP contribution in [-0.4, -0.2) is 0 Å². The highest BCUT2D eigenvalue weighted by Crippen LogP contribution is 2.16. The maximum absolute atomic E-state index is 2.50. The Labute approximate surface area is 183 Å². The van der Waals surface area contributed by atoms with Crippen molar-refractivity contribution in [2.45, 2.75) is 149 Å². The predicted octanol–water partition coefficient (Wildman–Crippen LogP) is 8.75. The minimum atomic E-state index is 1.20. The lowest BCUT2D eigenvalue weighted by Crippen LogP contribution is -2.34. The molecule has 1 aromatic rings. The van der Waals surface area contributed by atoms with Gasteiger partial charge in [-0.25, -0.2) is 4.57 Å². The average molecular weight is 403 g/mol. The van der Waals surface area contributed by atoms with Crippen LogP contribution in [0.25, 0.3) is 0 Å². The van der Waals surface area contributed by atoms with E-state index in [9.17, 15) is 0 Å². The van der Waals surface area contributed by atoms with Gasteiger partial charge in [0.25, 0.3) is 0 Å². The van der Waals surface area contributed by atoms with Gasteiger partial charge in [0.1, 0.15) is 6.54 Å². The van der Waals surface area contributed by atoms with Crippen LogP contribution in [0.15, 0.2) is 18.5 Å². The van der Waals surface area contributed by atoms with Gasteiger partial charge in [0, 0.05) is 18.1 Å². The number of nitrogens with zero attached hydrogens (tertiary/aromatic N) is 1. The highest BCUT2D eigenvalue weighted by Gasteiger charge is 2.10. The van der Waals surface area contributed by atoms with Crippen molar-refractivity contribution in [3.63, 3.8) is 0 Å². The Kier molecular flexibility index (Phi) is 17.3. The molecule has 0 aliphatic carbocycles. The van der Waals surface area contributed by atoms with Crippen molar-refractivity contribution in [2.75, 3.05) is 0 Å². The Morgan fingerprint density at radius 3 is 1.52 bits per heavy atom. The fourth-order valence-corrected chi connectivity index (χ4v) is 4.32. The summed E-state index contributed by atoms with van der Waals surface area (Å²) in [5, 5.41) is 0. The molecule has 0 spiro atoms. The van der Waals surface area contributed by atoms with E-state index in [1.807, 2.05) is 0 Å². The van der Waals surface area contributed by atoms with Crippen molar-refractivity contribution in [3.05, 3.63) is 29.6 Å². The molecule has 1 rings (SSSR count). The number of unbranched alkanes of at least 4 members (excludes halogenated alkanes) is 14. The van der Waals surface area contributed by atoms with E-state index in [4.69, 9.17) is 0 Å². The first-order valence-electron chi connectivity index (χ1n) is 13.3. The zero-order chi connectivity index (χ0) is 21.0. The Morgan fingerprint density at radius 2 is 0.966 bits per heavy atom. The van der Waals surface area contributed by atoms with Crippen molar-refractivity contribution < 1.29 is 4.57 Å². The average Bonchev–Trinajstić information content (AvgIpc) is 2.74. The summed E-state index contributed by atoms with van der Waals surface area (Å²) >= 11 is 0. The first-order chi connectivity index (χ1) is 14.3. The van der Waals surface area contributed by atoms with Gasteiger partial charge in [-0.15, -0.1) is 0 Å². The lowest BCUT2D eigenvalue weighted by Gasteiger charge is -2.09. The third kappa shape index (κ3) is 13.9. The molecule has 1 heterocycles. The lowest BCUT2D eigenvalue weighted by molar-refractivity contribution is -0.697. The Balaban J connectivity index is 2.47. The SMILES string of the molecule is CCCCCCCCC[n+]1ccc(CCCCCCC)c(CCCCCCC)c1. The molecule has 1 aromatic heterocycles. The first-order valence-corrected chi connectivity index (χ1v) is 13.3. The molecule has 0 bridgehead atoms. The van der Waals surface area contributed by atoms with E-state index in [0.29, 0.717) is 0 Å².